The zero-order valence-corrected chi connectivity index (χ0v) is 27.3. The lowest BCUT2D eigenvalue weighted by Crippen LogP contribution is -2.22. The second-order valence-corrected chi connectivity index (χ2v) is 12.9. The van der Waals surface area contributed by atoms with Crippen LogP contribution < -0.4 is 0 Å². The van der Waals surface area contributed by atoms with E-state index in [4.69, 9.17) is 4.74 Å². The normalized spacial score (nSPS) is 14.1. The highest BCUT2D eigenvalue weighted by Crippen LogP contribution is 2.24. The number of hydrogen-bond acceptors (Lipinski definition) is 2. The van der Waals surface area contributed by atoms with Crippen LogP contribution in [-0.2, 0) is 9.53 Å². The molecular formula is C36H72O2. The minimum absolute atomic E-state index is 0.117. The number of rotatable bonds is 29. The highest BCUT2D eigenvalue weighted by Gasteiger charge is 2.21. The molecule has 0 saturated carbocycles. The molecule has 0 heterocycles. The quantitative estimate of drug-likeness (QED) is 0.0701. The van der Waals surface area contributed by atoms with Crippen molar-refractivity contribution in [1.82, 2.24) is 0 Å². The predicted octanol–water partition coefficient (Wildman–Crippen LogP) is 12.5. The molecule has 0 aliphatic heterocycles. The van der Waals surface area contributed by atoms with Gasteiger partial charge in [0.25, 0.3) is 0 Å². The second kappa shape index (κ2) is 28.0. The molecule has 2 nitrogen and oxygen atoms in total. The van der Waals surface area contributed by atoms with E-state index in [-0.39, 0.29) is 11.9 Å². The monoisotopic (exact) mass is 537 g/mol. The number of ether oxygens (including phenoxy) is 1. The van der Waals surface area contributed by atoms with E-state index < -0.39 is 0 Å². The van der Waals surface area contributed by atoms with E-state index in [1.807, 2.05) is 0 Å². The SMILES string of the molecule is CCCCCCCCC(CCCCCCCC)COC(=O)C(CCCCCC(C)CC)CCCC(C)CC. The number of carbonyl (C=O) groups excluding carboxylic acids is 1. The van der Waals surface area contributed by atoms with Crippen molar-refractivity contribution in [3.63, 3.8) is 0 Å². The van der Waals surface area contributed by atoms with Crippen molar-refractivity contribution in [3.8, 4) is 0 Å². The predicted molar refractivity (Wildman–Crippen MR) is 170 cm³/mol. The smallest absolute Gasteiger partial charge is 0.308 e. The van der Waals surface area contributed by atoms with Crippen molar-refractivity contribution in [3.05, 3.63) is 0 Å². The molecule has 0 aromatic carbocycles. The second-order valence-electron chi connectivity index (χ2n) is 12.9. The van der Waals surface area contributed by atoms with E-state index in [1.54, 1.807) is 0 Å². The Hall–Kier alpha value is -0.530. The lowest BCUT2D eigenvalue weighted by molar-refractivity contribution is -0.150. The Labute approximate surface area is 241 Å². The van der Waals surface area contributed by atoms with Crippen LogP contribution in [0.4, 0.5) is 0 Å². The lowest BCUT2D eigenvalue weighted by atomic mass is 9.91. The van der Waals surface area contributed by atoms with Gasteiger partial charge in [-0.1, -0.05) is 170 Å². The third-order valence-electron chi connectivity index (χ3n) is 9.12. The Balaban J connectivity index is 4.72. The fraction of sp³-hybridized carbons (Fsp3) is 0.972. The molecule has 0 bridgehead atoms. The van der Waals surface area contributed by atoms with Crippen LogP contribution in [0.2, 0.25) is 0 Å². The number of esters is 1. The molecule has 0 rings (SSSR count). The Morgan fingerprint density at radius 1 is 0.500 bits per heavy atom. The molecule has 2 heteroatoms. The number of unbranched alkanes of at least 4 members (excludes halogenated alkanes) is 12. The number of hydrogen-bond donors (Lipinski definition) is 0. The van der Waals surface area contributed by atoms with Crippen LogP contribution in [0.5, 0.6) is 0 Å². The first-order valence-corrected chi connectivity index (χ1v) is 17.6. The first-order chi connectivity index (χ1) is 18.5. The van der Waals surface area contributed by atoms with Crippen molar-refractivity contribution in [2.45, 2.75) is 196 Å². The molecule has 3 atom stereocenters. The zero-order chi connectivity index (χ0) is 28.3. The third-order valence-corrected chi connectivity index (χ3v) is 9.12. The van der Waals surface area contributed by atoms with E-state index in [1.165, 1.54) is 141 Å². The average Bonchev–Trinajstić information content (AvgIpc) is 2.93. The summed E-state index contributed by atoms with van der Waals surface area (Å²) in [6.45, 7) is 14.5. The standard InChI is InChI=1S/C36H72O2/c1-7-11-13-15-17-21-27-34(28-22-18-16-14-12-8-2)31-38-36(37)35(30-24-26-33(6)10-4)29-23-19-20-25-32(5)9-3/h32-35H,7-31H2,1-6H3. The summed E-state index contributed by atoms with van der Waals surface area (Å²) in [5, 5.41) is 0. The summed E-state index contributed by atoms with van der Waals surface area (Å²) in [5.74, 6) is 2.40. The summed E-state index contributed by atoms with van der Waals surface area (Å²) in [6, 6.07) is 0. The highest BCUT2D eigenvalue weighted by atomic mass is 16.5. The summed E-state index contributed by atoms with van der Waals surface area (Å²) in [7, 11) is 0. The molecule has 0 fully saturated rings. The van der Waals surface area contributed by atoms with Gasteiger partial charge in [0, 0.05) is 0 Å². The molecule has 0 aliphatic rings. The van der Waals surface area contributed by atoms with E-state index in [0.29, 0.717) is 12.5 Å². The maximum absolute atomic E-state index is 13.3. The minimum Gasteiger partial charge on any atom is -0.465 e. The highest BCUT2D eigenvalue weighted by molar-refractivity contribution is 5.72. The Morgan fingerprint density at radius 3 is 1.42 bits per heavy atom. The van der Waals surface area contributed by atoms with Gasteiger partial charge in [-0.25, -0.2) is 0 Å². The fourth-order valence-corrected chi connectivity index (χ4v) is 5.62. The van der Waals surface area contributed by atoms with Crippen molar-refractivity contribution < 1.29 is 9.53 Å². The summed E-state index contributed by atoms with van der Waals surface area (Å²) < 4.78 is 6.12. The molecule has 0 spiro atoms. The molecule has 0 amide bonds. The largest absolute Gasteiger partial charge is 0.465 e. The van der Waals surface area contributed by atoms with Crippen molar-refractivity contribution in [1.29, 1.82) is 0 Å². The van der Waals surface area contributed by atoms with Crippen LogP contribution in [-0.4, -0.2) is 12.6 Å². The van der Waals surface area contributed by atoms with E-state index >= 15 is 0 Å². The third kappa shape index (κ3) is 23.4. The van der Waals surface area contributed by atoms with Gasteiger partial charge in [0.1, 0.15) is 0 Å². The Bertz CT molecular complexity index is 472. The topological polar surface area (TPSA) is 26.3 Å². The van der Waals surface area contributed by atoms with Crippen LogP contribution in [0.1, 0.15) is 196 Å². The summed E-state index contributed by atoms with van der Waals surface area (Å²) in [5.41, 5.74) is 0. The molecule has 0 aromatic heterocycles. The van der Waals surface area contributed by atoms with Crippen molar-refractivity contribution in [2.75, 3.05) is 6.61 Å². The van der Waals surface area contributed by atoms with Gasteiger partial charge in [-0.15, -0.1) is 0 Å². The van der Waals surface area contributed by atoms with Gasteiger partial charge in [-0.05, 0) is 43.4 Å². The van der Waals surface area contributed by atoms with Crippen molar-refractivity contribution in [2.24, 2.45) is 23.7 Å². The van der Waals surface area contributed by atoms with Gasteiger partial charge >= 0.3 is 5.97 Å². The first kappa shape index (κ1) is 37.5. The van der Waals surface area contributed by atoms with Crippen LogP contribution in [0, 0.1) is 23.7 Å². The Morgan fingerprint density at radius 2 is 0.895 bits per heavy atom. The van der Waals surface area contributed by atoms with Crippen LogP contribution in [0.25, 0.3) is 0 Å². The molecule has 0 radical (unpaired) electrons. The molecule has 0 saturated heterocycles. The van der Waals surface area contributed by atoms with E-state index in [9.17, 15) is 4.79 Å². The van der Waals surface area contributed by atoms with Crippen LogP contribution in [0.3, 0.4) is 0 Å². The summed E-state index contributed by atoms with van der Waals surface area (Å²) in [6.07, 6.45) is 30.7. The maximum Gasteiger partial charge on any atom is 0.308 e. The molecule has 0 aliphatic carbocycles. The van der Waals surface area contributed by atoms with Crippen molar-refractivity contribution >= 4 is 5.97 Å². The van der Waals surface area contributed by atoms with Gasteiger partial charge in [-0.2, -0.15) is 0 Å². The summed E-state index contributed by atoms with van der Waals surface area (Å²) in [4.78, 5) is 13.3. The Kier molecular flexibility index (Phi) is 27.6. The van der Waals surface area contributed by atoms with E-state index in [2.05, 4.69) is 41.5 Å². The maximum atomic E-state index is 13.3. The van der Waals surface area contributed by atoms with Gasteiger partial charge in [0.05, 0.1) is 12.5 Å². The van der Waals surface area contributed by atoms with Gasteiger partial charge in [0.15, 0.2) is 0 Å². The minimum atomic E-state index is 0.117. The fourth-order valence-electron chi connectivity index (χ4n) is 5.62. The molecule has 3 unspecified atom stereocenters. The summed E-state index contributed by atoms with van der Waals surface area (Å²) >= 11 is 0. The number of carbonyl (C=O) groups is 1. The van der Waals surface area contributed by atoms with Gasteiger partial charge in [0.2, 0.25) is 0 Å². The average molecular weight is 537 g/mol. The van der Waals surface area contributed by atoms with E-state index in [0.717, 1.165) is 24.7 Å². The molecule has 228 valence electrons. The molecule has 38 heavy (non-hydrogen) atoms. The van der Waals surface area contributed by atoms with Gasteiger partial charge < -0.3 is 4.74 Å². The zero-order valence-electron chi connectivity index (χ0n) is 27.3. The molecular weight excluding hydrogens is 464 g/mol. The van der Waals surface area contributed by atoms with Gasteiger partial charge in [-0.3, -0.25) is 4.79 Å². The molecule has 0 aromatic rings. The van der Waals surface area contributed by atoms with Crippen LogP contribution >= 0.6 is 0 Å². The van der Waals surface area contributed by atoms with Crippen LogP contribution in [0.15, 0.2) is 0 Å². The molecule has 0 N–H and O–H groups in total. The first-order valence-electron chi connectivity index (χ1n) is 17.6. The lowest BCUT2D eigenvalue weighted by Gasteiger charge is -2.21.